The standard InChI is InChI=1S/C23H25F2NO5/c1-29-18-3-2-4-19(10-18)30-13-23(28)26-11-14-5-21(27)22(6-15(14)12-26)31-20-8-16(24)7-17(25)9-20/h2-4,7-10,14-15,21-22,27H,5-6,11-13H2,1H3/t14-,15+,21+,22+/m0/s1. The van der Waals surface area contributed by atoms with Gasteiger partial charge in [0.25, 0.3) is 5.91 Å². The molecule has 6 nitrogen and oxygen atoms in total. The maximum Gasteiger partial charge on any atom is 0.260 e. The van der Waals surface area contributed by atoms with Crippen LogP contribution in [0.3, 0.4) is 0 Å². The summed E-state index contributed by atoms with van der Waals surface area (Å²) in [4.78, 5) is 14.4. The van der Waals surface area contributed by atoms with E-state index in [1.807, 2.05) is 0 Å². The molecular weight excluding hydrogens is 408 g/mol. The number of methoxy groups -OCH3 is 1. The van der Waals surface area contributed by atoms with Gasteiger partial charge < -0.3 is 24.2 Å². The Kier molecular flexibility index (Phi) is 6.27. The molecular formula is C23H25F2NO5. The molecule has 2 aromatic carbocycles. The van der Waals surface area contributed by atoms with Gasteiger partial charge in [-0.05, 0) is 36.8 Å². The summed E-state index contributed by atoms with van der Waals surface area (Å²) < 4.78 is 43.3. The average molecular weight is 433 g/mol. The number of carbonyl (C=O) groups excluding carboxylic acids is 1. The summed E-state index contributed by atoms with van der Waals surface area (Å²) >= 11 is 0. The van der Waals surface area contributed by atoms with Crippen molar-refractivity contribution in [2.45, 2.75) is 25.0 Å². The van der Waals surface area contributed by atoms with Crippen LogP contribution in [-0.2, 0) is 4.79 Å². The largest absolute Gasteiger partial charge is 0.497 e. The lowest BCUT2D eigenvalue weighted by atomic mass is 9.78. The van der Waals surface area contributed by atoms with Crippen LogP contribution in [0.15, 0.2) is 42.5 Å². The summed E-state index contributed by atoms with van der Waals surface area (Å²) in [5.74, 6) is -0.0361. The van der Waals surface area contributed by atoms with Crippen LogP contribution < -0.4 is 14.2 Å². The quantitative estimate of drug-likeness (QED) is 0.759. The molecule has 0 spiro atoms. The number of nitrogens with zero attached hydrogens (tertiary/aromatic N) is 1. The van der Waals surface area contributed by atoms with Crippen molar-refractivity contribution < 1.29 is 32.9 Å². The molecule has 1 saturated heterocycles. The van der Waals surface area contributed by atoms with Crippen molar-refractivity contribution in [1.29, 1.82) is 0 Å². The number of carbonyl (C=O) groups is 1. The highest BCUT2D eigenvalue weighted by Crippen LogP contribution is 2.38. The van der Waals surface area contributed by atoms with Crippen LogP contribution >= 0.6 is 0 Å². The van der Waals surface area contributed by atoms with Crippen molar-refractivity contribution in [2.75, 3.05) is 26.8 Å². The lowest BCUT2D eigenvalue weighted by Crippen LogP contribution is -2.42. The summed E-state index contributed by atoms with van der Waals surface area (Å²) in [5.41, 5.74) is 0. The first-order valence-corrected chi connectivity index (χ1v) is 10.3. The normalized spacial score (nSPS) is 25.1. The fourth-order valence-corrected chi connectivity index (χ4v) is 4.42. The highest BCUT2D eigenvalue weighted by atomic mass is 19.1. The Labute approximate surface area is 179 Å². The first-order chi connectivity index (χ1) is 14.9. The molecule has 4 rings (SSSR count). The second-order valence-corrected chi connectivity index (χ2v) is 8.09. The number of ether oxygens (including phenoxy) is 3. The van der Waals surface area contributed by atoms with Gasteiger partial charge >= 0.3 is 0 Å². The van der Waals surface area contributed by atoms with E-state index < -0.39 is 23.8 Å². The maximum atomic E-state index is 13.4. The molecule has 2 aliphatic rings. The molecule has 0 unspecified atom stereocenters. The van der Waals surface area contributed by atoms with E-state index in [0.29, 0.717) is 37.4 Å². The van der Waals surface area contributed by atoms with Crippen LogP contribution in [-0.4, -0.2) is 54.9 Å². The molecule has 1 aliphatic heterocycles. The molecule has 8 heteroatoms. The number of hydrogen-bond donors (Lipinski definition) is 1. The first-order valence-electron chi connectivity index (χ1n) is 10.3. The number of amides is 1. The van der Waals surface area contributed by atoms with Gasteiger partial charge in [0.2, 0.25) is 0 Å². The number of halogens is 2. The van der Waals surface area contributed by atoms with Crippen LogP contribution in [0.5, 0.6) is 17.2 Å². The number of hydrogen-bond acceptors (Lipinski definition) is 5. The van der Waals surface area contributed by atoms with Gasteiger partial charge in [0.05, 0.1) is 13.2 Å². The van der Waals surface area contributed by atoms with Gasteiger partial charge in [-0.25, -0.2) is 8.78 Å². The van der Waals surface area contributed by atoms with Crippen LogP contribution in [0, 0.1) is 23.5 Å². The Morgan fingerprint density at radius 2 is 1.71 bits per heavy atom. The van der Waals surface area contributed by atoms with E-state index in [1.165, 1.54) is 0 Å². The lowest BCUT2D eigenvalue weighted by molar-refractivity contribution is -0.132. The molecule has 1 saturated carbocycles. The van der Waals surface area contributed by atoms with Crippen LogP contribution in [0.25, 0.3) is 0 Å². The van der Waals surface area contributed by atoms with Gasteiger partial charge in [-0.1, -0.05) is 6.07 Å². The van der Waals surface area contributed by atoms with Crippen LogP contribution in [0.1, 0.15) is 12.8 Å². The highest BCUT2D eigenvalue weighted by molar-refractivity contribution is 5.78. The zero-order valence-electron chi connectivity index (χ0n) is 17.2. The molecule has 1 amide bonds. The minimum Gasteiger partial charge on any atom is -0.497 e. The monoisotopic (exact) mass is 433 g/mol. The van der Waals surface area contributed by atoms with Crippen molar-refractivity contribution in [3.05, 3.63) is 54.1 Å². The van der Waals surface area contributed by atoms with E-state index in [0.717, 1.165) is 18.2 Å². The number of benzene rings is 2. The number of rotatable bonds is 6. The number of likely N-dealkylation sites (tertiary alicyclic amines) is 1. The van der Waals surface area contributed by atoms with Gasteiger partial charge in [-0.15, -0.1) is 0 Å². The van der Waals surface area contributed by atoms with Gasteiger partial charge in [-0.3, -0.25) is 4.79 Å². The molecule has 0 aromatic heterocycles. The second-order valence-electron chi connectivity index (χ2n) is 8.09. The third-order valence-electron chi connectivity index (χ3n) is 5.96. The van der Waals surface area contributed by atoms with Gasteiger partial charge in [0.1, 0.15) is 35.0 Å². The minimum atomic E-state index is -0.768. The van der Waals surface area contributed by atoms with Crippen molar-refractivity contribution in [1.82, 2.24) is 4.90 Å². The predicted molar refractivity (Wildman–Crippen MR) is 108 cm³/mol. The van der Waals surface area contributed by atoms with E-state index in [9.17, 15) is 18.7 Å². The maximum absolute atomic E-state index is 13.4. The molecule has 4 atom stereocenters. The smallest absolute Gasteiger partial charge is 0.260 e. The third-order valence-corrected chi connectivity index (χ3v) is 5.96. The summed E-state index contributed by atoms with van der Waals surface area (Å²) in [6.07, 6.45) is -0.376. The topological polar surface area (TPSA) is 68.2 Å². The zero-order valence-corrected chi connectivity index (χ0v) is 17.2. The zero-order chi connectivity index (χ0) is 22.0. The third kappa shape index (κ3) is 5.07. The SMILES string of the molecule is COc1cccc(OCC(=O)N2C[C@H]3C[C@@H](Oc4cc(F)cc(F)c4)[C@H](O)C[C@H]3C2)c1. The number of aliphatic hydroxyl groups excluding tert-OH is 1. The molecule has 2 fully saturated rings. The second kappa shape index (κ2) is 9.09. The van der Waals surface area contributed by atoms with Crippen LogP contribution in [0.4, 0.5) is 8.78 Å². The Morgan fingerprint density at radius 1 is 1.03 bits per heavy atom. The Morgan fingerprint density at radius 3 is 2.42 bits per heavy atom. The molecule has 1 heterocycles. The highest BCUT2D eigenvalue weighted by Gasteiger charge is 2.44. The Balaban J connectivity index is 1.33. The number of aliphatic hydroxyl groups is 1. The van der Waals surface area contributed by atoms with Crippen molar-refractivity contribution in [2.24, 2.45) is 11.8 Å². The summed E-state index contributed by atoms with van der Waals surface area (Å²) in [6, 6.07) is 10.0. The van der Waals surface area contributed by atoms with E-state index in [1.54, 1.807) is 36.3 Å². The van der Waals surface area contributed by atoms with E-state index >= 15 is 0 Å². The van der Waals surface area contributed by atoms with E-state index in [-0.39, 0.29) is 30.1 Å². The molecule has 1 aliphatic carbocycles. The summed E-state index contributed by atoms with van der Waals surface area (Å²) in [5, 5.41) is 10.5. The summed E-state index contributed by atoms with van der Waals surface area (Å²) in [6.45, 7) is 0.996. The molecule has 166 valence electrons. The number of fused-ring (bicyclic) bond motifs is 1. The van der Waals surface area contributed by atoms with Gasteiger partial charge in [-0.2, -0.15) is 0 Å². The Bertz CT molecular complexity index is 920. The molecule has 31 heavy (non-hydrogen) atoms. The Hall–Kier alpha value is -2.87. The average Bonchev–Trinajstić information content (AvgIpc) is 3.14. The molecule has 2 aromatic rings. The molecule has 0 bridgehead atoms. The van der Waals surface area contributed by atoms with Gasteiger partial charge in [0.15, 0.2) is 6.61 Å². The van der Waals surface area contributed by atoms with Crippen molar-refractivity contribution in [3.63, 3.8) is 0 Å². The fourth-order valence-electron chi connectivity index (χ4n) is 4.42. The van der Waals surface area contributed by atoms with E-state index in [2.05, 4.69) is 0 Å². The van der Waals surface area contributed by atoms with Crippen molar-refractivity contribution >= 4 is 5.91 Å². The first kappa shape index (κ1) is 21.4. The fraction of sp³-hybridized carbons (Fsp3) is 0.435. The summed E-state index contributed by atoms with van der Waals surface area (Å²) in [7, 11) is 1.56. The van der Waals surface area contributed by atoms with Crippen molar-refractivity contribution in [3.8, 4) is 17.2 Å². The van der Waals surface area contributed by atoms with Crippen LogP contribution in [0.2, 0.25) is 0 Å². The molecule has 1 N–H and O–H groups in total. The molecule has 0 radical (unpaired) electrons. The predicted octanol–water partition coefficient (Wildman–Crippen LogP) is 3.03. The minimum absolute atomic E-state index is 0.0534. The van der Waals surface area contributed by atoms with Gasteiger partial charge in [0, 0.05) is 37.4 Å². The van der Waals surface area contributed by atoms with E-state index in [4.69, 9.17) is 14.2 Å². The lowest BCUT2D eigenvalue weighted by Gasteiger charge is -2.35.